The fraction of sp³-hybridized carbons (Fsp3) is 0.526. The van der Waals surface area contributed by atoms with Crippen LogP contribution in [0.5, 0.6) is 0 Å². The first-order chi connectivity index (χ1) is 12.4. The number of nitrogens with zero attached hydrogens (tertiary/aromatic N) is 1. The third-order valence-electron chi connectivity index (χ3n) is 3.81. The van der Waals surface area contributed by atoms with Gasteiger partial charge in [-0.3, -0.25) is 9.69 Å². The van der Waals surface area contributed by atoms with Gasteiger partial charge in [0, 0.05) is 6.54 Å². The van der Waals surface area contributed by atoms with Crippen molar-refractivity contribution >= 4 is 18.0 Å². The van der Waals surface area contributed by atoms with E-state index < -0.39 is 24.1 Å². The lowest BCUT2D eigenvalue weighted by Gasteiger charge is -2.28. The molecule has 0 aromatic heterocycles. The normalized spacial score (nSPS) is 11.6. The number of esters is 2. The first-order valence-electron chi connectivity index (χ1n) is 8.51. The molecule has 0 aliphatic rings. The van der Waals surface area contributed by atoms with Crippen LogP contribution in [0, 0.1) is 5.92 Å². The van der Waals surface area contributed by atoms with E-state index in [4.69, 9.17) is 14.2 Å². The van der Waals surface area contributed by atoms with Crippen molar-refractivity contribution < 1.29 is 28.6 Å². The summed E-state index contributed by atoms with van der Waals surface area (Å²) in [4.78, 5) is 37.6. The van der Waals surface area contributed by atoms with Gasteiger partial charge in [0.15, 0.2) is 0 Å². The molecule has 0 aliphatic carbocycles. The Balaban J connectivity index is 2.80. The second-order valence-electron chi connectivity index (χ2n) is 6.24. The largest absolute Gasteiger partial charge is 0.467 e. The predicted octanol–water partition coefficient (Wildman–Crippen LogP) is 2.78. The molecular formula is C19H27NO6. The molecule has 0 N–H and O–H groups in total. The van der Waals surface area contributed by atoms with E-state index in [1.807, 2.05) is 44.2 Å². The lowest BCUT2D eigenvalue weighted by atomic mass is 10.1. The molecule has 1 atom stereocenters. The summed E-state index contributed by atoms with van der Waals surface area (Å²) in [5.74, 6) is -0.969. The van der Waals surface area contributed by atoms with E-state index in [0.717, 1.165) is 5.56 Å². The Morgan fingerprint density at radius 1 is 1.04 bits per heavy atom. The average Bonchev–Trinajstić information content (AvgIpc) is 2.65. The SMILES string of the molecule is COC(=O)[C@H](CC(=O)OCc1ccccc1)N(CCC(C)C)C(=O)OC. The standard InChI is InChI=1S/C19H27NO6/c1-14(2)10-11-20(19(23)25-4)16(18(22)24-3)12-17(21)26-13-15-8-6-5-7-9-15/h5-9,14,16H,10-13H2,1-4H3/t16-/m0/s1. The van der Waals surface area contributed by atoms with Crippen LogP contribution in [0.4, 0.5) is 4.79 Å². The number of ether oxygens (including phenoxy) is 3. The topological polar surface area (TPSA) is 82.1 Å². The smallest absolute Gasteiger partial charge is 0.410 e. The maximum atomic E-state index is 12.2. The molecule has 0 aliphatic heterocycles. The van der Waals surface area contributed by atoms with Crippen LogP contribution >= 0.6 is 0 Å². The molecule has 0 heterocycles. The molecule has 0 saturated carbocycles. The van der Waals surface area contributed by atoms with Gasteiger partial charge in [-0.05, 0) is 17.9 Å². The first-order valence-corrected chi connectivity index (χ1v) is 8.51. The van der Waals surface area contributed by atoms with Gasteiger partial charge in [-0.15, -0.1) is 0 Å². The van der Waals surface area contributed by atoms with Gasteiger partial charge in [-0.25, -0.2) is 9.59 Å². The second-order valence-corrected chi connectivity index (χ2v) is 6.24. The van der Waals surface area contributed by atoms with Crippen molar-refractivity contribution in [3.05, 3.63) is 35.9 Å². The zero-order chi connectivity index (χ0) is 19.5. The highest BCUT2D eigenvalue weighted by atomic mass is 16.6. The van der Waals surface area contributed by atoms with Crippen molar-refractivity contribution in [2.75, 3.05) is 20.8 Å². The zero-order valence-corrected chi connectivity index (χ0v) is 15.8. The van der Waals surface area contributed by atoms with Crippen LogP contribution in [0.1, 0.15) is 32.3 Å². The summed E-state index contributed by atoms with van der Waals surface area (Å²) < 4.78 is 14.7. The Bertz CT molecular complexity index is 587. The fourth-order valence-electron chi connectivity index (χ4n) is 2.30. The number of methoxy groups -OCH3 is 2. The minimum atomic E-state index is -1.09. The fourth-order valence-corrected chi connectivity index (χ4v) is 2.30. The summed E-state index contributed by atoms with van der Waals surface area (Å²) in [6, 6.07) is 8.11. The van der Waals surface area contributed by atoms with E-state index in [-0.39, 0.29) is 19.6 Å². The maximum absolute atomic E-state index is 12.2. The van der Waals surface area contributed by atoms with Crippen LogP contribution in [-0.2, 0) is 30.4 Å². The van der Waals surface area contributed by atoms with E-state index >= 15 is 0 Å². The molecule has 1 aromatic rings. The zero-order valence-electron chi connectivity index (χ0n) is 15.8. The highest BCUT2D eigenvalue weighted by molar-refractivity contribution is 5.86. The van der Waals surface area contributed by atoms with Crippen molar-refractivity contribution in [3.63, 3.8) is 0 Å². The summed E-state index contributed by atoms with van der Waals surface area (Å²) in [6.45, 7) is 4.36. The number of carbonyl (C=O) groups is 3. The molecule has 1 aromatic carbocycles. The van der Waals surface area contributed by atoms with Gasteiger partial charge in [-0.1, -0.05) is 44.2 Å². The van der Waals surface area contributed by atoms with Gasteiger partial charge in [-0.2, -0.15) is 0 Å². The lowest BCUT2D eigenvalue weighted by molar-refractivity contribution is -0.154. The van der Waals surface area contributed by atoms with Gasteiger partial charge < -0.3 is 14.2 Å². The molecule has 1 rings (SSSR count). The summed E-state index contributed by atoms with van der Waals surface area (Å²) >= 11 is 0. The molecule has 0 saturated heterocycles. The first kappa shape index (κ1) is 21.5. The van der Waals surface area contributed by atoms with Gasteiger partial charge in [0.05, 0.1) is 20.6 Å². The third-order valence-corrected chi connectivity index (χ3v) is 3.81. The summed E-state index contributed by atoms with van der Waals surface area (Å²) in [6.07, 6.45) is -0.328. The van der Waals surface area contributed by atoms with Crippen molar-refractivity contribution in [2.45, 2.75) is 39.3 Å². The van der Waals surface area contributed by atoms with E-state index in [9.17, 15) is 14.4 Å². The van der Waals surface area contributed by atoms with Crippen LogP contribution in [0.25, 0.3) is 0 Å². The monoisotopic (exact) mass is 365 g/mol. The van der Waals surface area contributed by atoms with Gasteiger partial charge in [0.25, 0.3) is 0 Å². The van der Waals surface area contributed by atoms with Crippen molar-refractivity contribution in [1.82, 2.24) is 4.90 Å². The Kier molecular flexibility index (Phi) is 9.19. The van der Waals surface area contributed by atoms with Gasteiger partial charge in [0.2, 0.25) is 0 Å². The number of benzene rings is 1. The van der Waals surface area contributed by atoms with Crippen LogP contribution in [0.15, 0.2) is 30.3 Å². The van der Waals surface area contributed by atoms with E-state index in [0.29, 0.717) is 12.3 Å². The molecule has 144 valence electrons. The summed E-state index contributed by atoms with van der Waals surface area (Å²) in [5.41, 5.74) is 0.833. The van der Waals surface area contributed by atoms with Gasteiger partial charge >= 0.3 is 18.0 Å². The maximum Gasteiger partial charge on any atom is 0.410 e. The lowest BCUT2D eigenvalue weighted by Crippen LogP contribution is -2.47. The van der Waals surface area contributed by atoms with Crippen molar-refractivity contribution in [1.29, 1.82) is 0 Å². The van der Waals surface area contributed by atoms with E-state index in [1.165, 1.54) is 19.1 Å². The predicted molar refractivity (Wildman–Crippen MR) is 95.2 cm³/mol. The number of hydrogen-bond acceptors (Lipinski definition) is 6. The quantitative estimate of drug-likeness (QED) is 0.494. The molecule has 26 heavy (non-hydrogen) atoms. The molecule has 1 amide bonds. The molecule has 0 spiro atoms. The van der Waals surface area contributed by atoms with Crippen LogP contribution in [-0.4, -0.2) is 49.7 Å². The third kappa shape index (κ3) is 7.13. The van der Waals surface area contributed by atoms with Gasteiger partial charge in [0.1, 0.15) is 12.6 Å². The minimum absolute atomic E-state index is 0.0950. The Labute approximate surface area is 154 Å². The average molecular weight is 365 g/mol. The van der Waals surface area contributed by atoms with Crippen molar-refractivity contribution in [3.8, 4) is 0 Å². The molecule has 0 bridgehead atoms. The number of carbonyl (C=O) groups excluding carboxylic acids is 3. The Morgan fingerprint density at radius 3 is 2.23 bits per heavy atom. The Hall–Kier alpha value is -2.57. The van der Waals surface area contributed by atoms with E-state index in [1.54, 1.807) is 0 Å². The number of hydrogen-bond donors (Lipinski definition) is 0. The second kappa shape index (κ2) is 11.1. The Morgan fingerprint density at radius 2 is 1.69 bits per heavy atom. The molecule has 7 heteroatoms. The highest BCUT2D eigenvalue weighted by Gasteiger charge is 2.34. The van der Waals surface area contributed by atoms with Crippen LogP contribution in [0.2, 0.25) is 0 Å². The summed E-state index contributed by atoms with van der Waals surface area (Å²) in [7, 11) is 2.44. The number of amides is 1. The summed E-state index contributed by atoms with van der Waals surface area (Å²) in [5, 5.41) is 0. The number of rotatable bonds is 9. The highest BCUT2D eigenvalue weighted by Crippen LogP contribution is 2.14. The molecule has 7 nitrogen and oxygen atoms in total. The van der Waals surface area contributed by atoms with Crippen LogP contribution in [0.3, 0.4) is 0 Å². The molecule has 0 unspecified atom stereocenters. The van der Waals surface area contributed by atoms with E-state index in [2.05, 4.69) is 0 Å². The van der Waals surface area contributed by atoms with Crippen LogP contribution < -0.4 is 0 Å². The molecule has 0 radical (unpaired) electrons. The molecule has 0 fully saturated rings. The molecular weight excluding hydrogens is 338 g/mol. The minimum Gasteiger partial charge on any atom is -0.467 e. The van der Waals surface area contributed by atoms with Crippen molar-refractivity contribution in [2.24, 2.45) is 5.92 Å².